The maximum Gasteiger partial charge on any atom is 0.289 e. The van der Waals surface area contributed by atoms with Gasteiger partial charge in [0.2, 0.25) is 0 Å². The minimum Gasteiger partial charge on any atom is -0.494 e. The fraction of sp³-hybridized carbons (Fsp3) is 0.333. The number of benzene rings is 1. The molecule has 7 heteroatoms. The summed E-state index contributed by atoms with van der Waals surface area (Å²) in [6.07, 6.45) is 8.75. The third-order valence-electron chi connectivity index (χ3n) is 3.47. The average molecular weight is 342 g/mol. The van der Waals surface area contributed by atoms with E-state index < -0.39 is 11.8 Å². The van der Waals surface area contributed by atoms with Crippen molar-refractivity contribution in [1.82, 2.24) is 20.8 Å². The van der Waals surface area contributed by atoms with E-state index in [4.69, 9.17) is 4.74 Å². The fourth-order valence-corrected chi connectivity index (χ4v) is 2.09. The van der Waals surface area contributed by atoms with Gasteiger partial charge in [0, 0.05) is 18.0 Å². The summed E-state index contributed by atoms with van der Waals surface area (Å²) in [5.74, 6) is -0.239. The zero-order valence-electron chi connectivity index (χ0n) is 14.2. The molecular weight excluding hydrogens is 320 g/mol. The van der Waals surface area contributed by atoms with Crippen LogP contribution in [-0.2, 0) is 0 Å². The molecule has 132 valence electrons. The predicted octanol–water partition coefficient (Wildman–Crippen LogP) is 2.51. The normalized spacial score (nSPS) is 10.1. The highest BCUT2D eigenvalue weighted by molar-refractivity contribution is 5.98. The summed E-state index contributed by atoms with van der Waals surface area (Å²) in [6, 6.07) is 6.76. The van der Waals surface area contributed by atoms with Crippen LogP contribution in [0, 0.1) is 0 Å². The fourth-order valence-electron chi connectivity index (χ4n) is 2.09. The molecule has 7 nitrogen and oxygen atoms in total. The van der Waals surface area contributed by atoms with Crippen molar-refractivity contribution in [3.8, 4) is 5.75 Å². The van der Waals surface area contributed by atoms with Crippen LogP contribution in [0.1, 0.15) is 53.5 Å². The van der Waals surface area contributed by atoms with Crippen molar-refractivity contribution in [2.24, 2.45) is 0 Å². The van der Waals surface area contributed by atoms with Crippen LogP contribution >= 0.6 is 0 Å². The van der Waals surface area contributed by atoms with Gasteiger partial charge in [-0.1, -0.05) is 26.2 Å². The zero-order valence-corrected chi connectivity index (χ0v) is 14.2. The first-order valence-corrected chi connectivity index (χ1v) is 8.30. The highest BCUT2D eigenvalue weighted by Crippen LogP contribution is 2.13. The molecule has 1 aromatic carbocycles. The van der Waals surface area contributed by atoms with Crippen molar-refractivity contribution in [3.63, 3.8) is 0 Å². The standard InChI is InChI=1S/C18H22N4O3/c1-2-3-4-5-12-25-15-8-6-14(7-9-15)17(23)21-22-18(24)16-13-19-10-11-20-16/h6-11,13H,2-5,12H2,1H3,(H,21,23)(H,22,24). The number of carbonyl (C=O) groups is 2. The molecule has 0 radical (unpaired) electrons. The van der Waals surface area contributed by atoms with E-state index in [-0.39, 0.29) is 5.69 Å². The van der Waals surface area contributed by atoms with Crippen LogP contribution in [-0.4, -0.2) is 28.4 Å². The first-order chi connectivity index (χ1) is 12.2. The minimum absolute atomic E-state index is 0.120. The van der Waals surface area contributed by atoms with Gasteiger partial charge in [-0.05, 0) is 30.7 Å². The first-order valence-electron chi connectivity index (χ1n) is 8.30. The maximum atomic E-state index is 12.0. The molecule has 2 N–H and O–H groups in total. The third kappa shape index (κ3) is 6.21. The van der Waals surface area contributed by atoms with E-state index >= 15 is 0 Å². The van der Waals surface area contributed by atoms with E-state index in [0.717, 1.165) is 18.6 Å². The summed E-state index contributed by atoms with van der Waals surface area (Å²) in [6.45, 7) is 2.83. The number of hydrazine groups is 1. The van der Waals surface area contributed by atoms with Crippen molar-refractivity contribution in [1.29, 1.82) is 0 Å². The first kappa shape index (κ1) is 18.4. The largest absolute Gasteiger partial charge is 0.494 e. The smallest absolute Gasteiger partial charge is 0.289 e. The lowest BCUT2D eigenvalue weighted by atomic mass is 10.2. The number of unbranched alkanes of at least 4 members (excludes halogenated alkanes) is 3. The molecule has 0 unspecified atom stereocenters. The summed E-state index contributed by atoms with van der Waals surface area (Å²) in [7, 11) is 0. The molecule has 0 aliphatic carbocycles. The van der Waals surface area contributed by atoms with E-state index in [1.807, 2.05) is 0 Å². The van der Waals surface area contributed by atoms with E-state index in [0.29, 0.717) is 12.2 Å². The Hall–Kier alpha value is -2.96. The highest BCUT2D eigenvalue weighted by Gasteiger charge is 2.10. The molecule has 1 heterocycles. The molecule has 2 amide bonds. The van der Waals surface area contributed by atoms with Crippen molar-refractivity contribution < 1.29 is 14.3 Å². The molecule has 2 aromatic rings. The zero-order chi connectivity index (χ0) is 17.9. The van der Waals surface area contributed by atoms with Crippen LogP contribution in [0.15, 0.2) is 42.9 Å². The van der Waals surface area contributed by atoms with Crippen molar-refractivity contribution >= 4 is 11.8 Å². The molecule has 1 aromatic heterocycles. The second kappa shape index (κ2) is 10.0. The van der Waals surface area contributed by atoms with Crippen molar-refractivity contribution in [3.05, 3.63) is 54.1 Å². The Bertz CT molecular complexity index is 674. The Morgan fingerprint density at radius 2 is 1.76 bits per heavy atom. The second-order valence-electron chi connectivity index (χ2n) is 5.43. The van der Waals surface area contributed by atoms with Crippen molar-refractivity contribution in [2.75, 3.05) is 6.61 Å². The molecule has 0 saturated carbocycles. The molecule has 25 heavy (non-hydrogen) atoms. The Kier molecular flexibility index (Phi) is 7.37. The summed E-state index contributed by atoms with van der Waals surface area (Å²) in [5.41, 5.74) is 5.16. The summed E-state index contributed by atoms with van der Waals surface area (Å²) in [4.78, 5) is 31.4. The molecule has 0 bridgehead atoms. The number of nitrogens with zero attached hydrogens (tertiary/aromatic N) is 2. The number of nitrogens with one attached hydrogen (secondary N) is 2. The molecule has 2 rings (SSSR count). The lowest BCUT2D eigenvalue weighted by molar-refractivity contribution is 0.0843. The molecule has 0 spiro atoms. The van der Waals surface area contributed by atoms with Crippen LogP contribution in [0.5, 0.6) is 5.75 Å². The van der Waals surface area contributed by atoms with E-state index in [9.17, 15) is 9.59 Å². The number of aromatic nitrogens is 2. The Labute approximate surface area is 146 Å². The highest BCUT2D eigenvalue weighted by atomic mass is 16.5. The average Bonchev–Trinajstić information content (AvgIpc) is 2.67. The van der Waals surface area contributed by atoms with Gasteiger partial charge in [0.1, 0.15) is 11.4 Å². The lowest BCUT2D eigenvalue weighted by Gasteiger charge is -2.08. The van der Waals surface area contributed by atoms with Crippen LogP contribution in [0.25, 0.3) is 0 Å². The van der Waals surface area contributed by atoms with Gasteiger partial charge in [0.15, 0.2) is 0 Å². The monoisotopic (exact) mass is 342 g/mol. The van der Waals surface area contributed by atoms with Gasteiger partial charge >= 0.3 is 0 Å². The quantitative estimate of drug-likeness (QED) is 0.568. The van der Waals surface area contributed by atoms with E-state index in [2.05, 4.69) is 27.7 Å². The summed E-state index contributed by atoms with van der Waals surface area (Å²) in [5, 5.41) is 0. The Balaban J connectivity index is 1.77. The molecule has 0 aliphatic heterocycles. The number of rotatable bonds is 8. The Morgan fingerprint density at radius 1 is 1.00 bits per heavy atom. The lowest BCUT2D eigenvalue weighted by Crippen LogP contribution is -2.41. The molecule has 0 aliphatic rings. The number of hydrogen-bond acceptors (Lipinski definition) is 5. The van der Waals surface area contributed by atoms with Gasteiger partial charge in [-0.3, -0.25) is 25.4 Å². The predicted molar refractivity (Wildman–Crippen MR) is 93.0 cm³/mol. The molecular formula is C18H22N4O3. The molecule has 0 fully saturated rings. The summed E-state index contributed by atoms with van der Waals surface area (Å²) >= 11 is 0. The van der Waals surface area contributed by atoms with Crippen LogP contribution in [0.2, 0.25) is 0 Å². The van der Waals surface area contributed by atoms with E-state index in [1.165, 1.54) is 31.4 Å². The number of carbonyl (C=O) groups excluding carboxylic acids is 2. The van der Waals surface area contributed by atoms with Crippen LogP contribution < -0.4 is 15.6 Å². The second-order valence-corrected chi connectivity index (χ2v) is 5.43. The molecule has 0 saturated heterocycles. The van der Waals surface area contributed by atoms with Gasteiger partial charge in [-0.15, -0.1) is 0 Å². The number of ether oxygens (including phenoxy) is 1. The summed E-state index contributed by atoms with van der Waals surface area (Å²) < 4.78 is 5.63. The van der Waals surface area contributed by atoms with Crippen LogP contribution in [0.3, 0.4) is 0 Å². The third-order valence-corrected chi connectivity index (χ3v) is 3.47. The van der Waals surface area contributed by atoms with Gasteiger partial charge in [0.05, 0.1) is 12.8 Å². The number of amides is 2. The maximum absolute atomic E-state index is 12.0. The number of hydrogen-bond donors (Lipinski definition) is 2. The molecule has 0 atom stereocenters. The van der Waals surface area contributed by atoms with Gasteiger partial charge in [-0.2, -0.15) is 0 Å². The Morgan fingerprint density at radius 3 is 2.44 bits per heavy atom. The van der Waals surface area contributed by atoms with E-state index in [1.54, 1.807) is 24.3 Å². The van der Waals surface area contributed by atoms with Gasteiger partial charge in [0.25, 0.3) is 11.8 Å². The van der Waals surface area contributed by atoms with Crippen molar-refractivity contribution in [2.45, 2.75) is 32.6 Å². The van der Waals surface area contributed by atoms with Gasteiger partial charge in [-0.25, -0.2) is 4.98 Å². The van der Waals surface area contributed by atoms with Crippen LogP contribution in [0.4, 0.5) is 0 Å². The SMILES string of the molecule is CCCCCCOc1ccc(C(=O)NNC(=O)c2cnccn2)cc1. The topological polar surface area (TPSA) is 93.2 Å². The minimum atomic E-state index is -0.534. The van der Waals surface area contributed by atoms with Gasteiger partial charge < -0.3 is 4.74 Å².